The number of hydrogen-bond donors (Lipinski definition) is 0. The lowest BCUT2D eigenvalue weighted by Gasteiger charge is -2.22. The Bertz CT molecular complexity index is 1040. The number of nitrogens with zero attached hydrogens (tertiary/aromatic N) is 1. The molecule has 1 amide bonds. The Morgan fingerprint density at radius 2 is 1.62 bits per heavy atom. The topological polar surface area (TPSA) is 76.8 Å². The Labute approximate surface area is 170 Å². The van der Waals surface area contributed by atoms with Crippen molar-refractivity contribution in [1.82, 2.24) is 4.90 Å². The number of carbonyl (C=O) groups is 1. The summed E-state index contributed by atoms with van der Waals surface area (Å²) in [6, 6.07) is 17.8. The number of furan rings is 1. The molecule has 0 aliphatic rings. The van der Waals surface area contributed by atoms with E-state index in [-0.39, 0.29) is 11.7 Å². The summed E-state index contributed by atoms with van der Waals surface area (Å²) in [6.07, 6.45) is 3.48. The molecule has 0 fully saturated rings. The quantitative estimate of drug-likeness (QED) is 0.521. The van der Waals surface area contributed by atoms with E-state index < -0.39 is 10.1 Å². The number of benzene rings is 2. The molecule has 7 heteroatoms. The van der Waals surface area contributed by atoms with Gasteiger partial charge in [0.1, 0.15) is 11.5 Å². The van der Waals surface area contributed by atoms with Crippen molar-refractivity contribution in [3.8, 4) is 5.75 Å². The van der Waals surface area contributed by atoms with Gasteiger partial charge in [0.2, 0.25) is 0 Å². The van der Waals surface area contributed by atoms with Gasteiger partial charge in [-0.25, -0.2) is 0 Å². The van der Waals surface area contributed by atoms with Gasteiger partial charge >= 0.3 is 10.1 Å². The molecule has 0 saturated heterocycles. The van der Waals surface area contributed by atoms with E-state index in [0.717, 1.165) is 18.2 Å². The van der Waals surface area contributed by atoms with Crippen LogP contribution in [-0.4, -0.2) is 25.5 Å². The first-order valence-electron chi connectivity index (χ1n) is 9.23. The molecule has 1 heterocycles. The van der Waals surface area contributed by atoms with Crippen LogP contribution in [0.25, 0.3) is 0 Å². The van der Waals surface area contributed by atoms with Gasteiger partial charge in [-0.15, -0.1) is 0 Å². The molecule has 2 aromatic carbocycles. The van der Waals surface area contributed by atoms with Crippen LogP contribution < -0.4 is 4.18 Å². The Kier molecular flexibility index (Phi) is 6.39. The zero-order valence-corrected chi connectivity index (χ0v) is 17.2. The van der Waals surface area contributed by atoms with Crippen molar-refractivity contribution in [1.29, 1.82) is 0 Å². The van der Waals surface area contributed by atoms with E-state index in [4.69, 9.17) is 8.60 Å². The molecule has 29 heavy (non-hydrogen) atoms. The van der Waals surface area contributed by atoms with Gasteiger partial charge < -0.3 is 13.5 Å². The molecule has 0 bridgehead atoms. The third-order valence-electron chi connectivity index (χ3n) is 4.37. The maximum absolute atomic E-state index is 13.1. The van der Waals surface area contributed by atoms with Crippen molar-refractivity contribution in [2.45, 2.75) is 26.4 Å². The van der Waals surface area contributed by atoms with Gasteiger partial charge in [0.25, 0.3) is 5.91 Å². The van der Waals surface area contributed by atoms with E-state index in [2.05, 4.69) is 6.92 Å². The largest absolute Gasteiger partial charge is 0.467 e. The summed E-state index contributed by atoms with van der Waals surface area (Å²) < 4.78 is 32.8. The number of rotatable bonds is 8. The molecule has 6 nitrogen and oxygen atoms in total. The van der Waals surface area contributed by atoms with Crippen LogP contribution in [0.3, 0.4) is 0 Å². The van der Waals surface area contributed by atoms with Gasteiger partial charge in [-0.1, -0.05) is 31.2 Å². The van der Waals surface area contributed by atoms with Crippen molar-refractivity contribution >= 4 is 16.0 Å². The first-order chi connectivity index (χ1) is 13.8. The molecule has 1 aromatic heterocycles. The van der Waals surface area contributed by atoms with Gasteiger partial charge in [0.05, 0.1) is 19.1 Å². The highest BCUT2D eigenvalue weighted by Gasteiger charge is 2.18. The smallest absolute Gasteiger partial charge is 0.306 e. The number of amides is 1. The normalized spacial score (nSPS) is 11.2. The standard InChI is InChI=1S/C22H23NO5S/c1-3-17-6-10-19(11-7-17)22(24)23(16-21-5-4-14-27-21)15-18-8-12-20(13-9-18)28-29(2,25)26/h4-14H,3,15-16H2,1-2H3. The summed E-state index contributed by atoms with van der Waals surface area (Å²) >= 11 is 0. The first-order valence-corrected chi connectivity index (χ1v) is 11.0. The van der Waals surface area contributed by atoms with E-state index in [0.29, 0.717) is 24.4 Å². The van der Waals surface area contributed by atoms with Crippen LogP contribution in [0.2, 0.25) is 0 Å². The van der Waals surface area contributed by atoms with Crippen LogP contribution in [0.5, 0.6) is 5.75 Å². The lowest BCUT2D eigenvalue weighted by molar-refractivity contribution is 0.0717. The predicted molar refractivity (Wildman–Crippen MR) is 110 cm³/mol. The highest BCUT2D eigenvalue weighted by molar-refractivity contribution is 7.86. The summed E-state index contributed by atoms with van der Waals surface area (Å²) in [7, 11) is -3.58. The summed E-state index contributed by atoms with van der Waals surface area (Å²) in [5, 5.41) is 0. The SMILES string of the molecule is CCc1ccc(C(=O)N(Cc2ccc(OS(C)(=O)=O)cc2)Cc2ccco2)cc1. The van der Waals surface area contributed by atoms with Crippen LogP contribution in [0.4, 0.5) is 0 Å². The molecule has 0 unspecified atom stereocenters. The molecule has 152 valence electrons. The van der Waals surface area contributed by atoms with Gasteiger partial charge in [0.15, 0.2) is 0 Å². The fourth-order valence-corrected chi connectivity index (χ4v) is 3.36. The van der Waals surface area contributed by atoms with Crippen molar-refractivity contribution in [3.63, 3.8) is 0 Å². The predicted octanol–water partition coefficient (Wildman–Crippen LogP) is 4.02. The second-order valence-electron chi connectivity index (χ2n) is 6.72. The highest BCUT2D eigenvalue weighted by atomic mass is 32.2. The fraction of sp³-hybridized carbons (Fsp3) is 0.227. The molecule has 0 atom stereocenters. The molecule has 3 aromatic rings. The summed E-state index contributed by atoms with van der Waals surface area (Å²) in [5.74, 6) is 0.802. The van der Waals surface area contributed by atoms with Crippen molar-refractivity contribution in [3.05, 3.63) is 89.4 Å². The van der Waals surface area contributed by atoms with Crippen molar-refractivity contribution in [2.75, 3.05) is 6.26 Å². The Balaban J connectivity index is 1.80. The molecule has 0 spiro atoms. The zero-order chi connectivity index (χ0) is 20.9. The van der Waals surface area contributed by atoms with Crippen LogP contribution in [0, 0.1) is 0 Å². The minimum Gasteiger partial charge on any atom is -0.467 e. The average Bonchev–Trinajstić information content (AvgIpc) is 3.20. The van der Waals surface area contributed by atoms with Crippen molar-refractivity contribution in [2.24, 2.45) is 0 Å². The fourth-order valence-electron chi connectivity index (χ4n) is 2.90. The molecule has 0 aliphatic heterocycles. The third-order valence-corrected chi connectivity index (χ3v) is 4.86. The van der Waals surface area contributed by atoms with Gasteiger partial charge in [0, 0.05) is 12.1 Å². The van der Waals surface area contributed by atoms with Crippen LogP contribution >= 0.6 is 0 Å². The first kappa shape index (κ1) is 20.7. The maximum Gasteiger partial charge on any atom is 0.306 e. The molecule has 3 rings (SSSR count). The van der Waals surface area contributed by atoms with E-state index in [1.165, 1.54) is 5.56 Å². The van der Waals surface area contributed by atoms with Gasteiger partial charge in [-0.2, -0.15) is 8.42 Å². The van der Waals surface area contributed by atoms with Gasteiger partial charge in [-0.3, -0.25) is 4.79 Å². The summed E-state index contributed by atoms with van der Waals surface area (Å²) in [5.41, 5.74) is 2.61. The molecule has 0 aliphatic carbocycles. The minimum absolute atomic E-state index is 0.111. The molecular weight excluding hydrogens is 390 g/mol. The number of hydrogen-bond acceptors (Lipinski definition) is 5. The van der Waals surface area contributed by atoms with E-state index in [1.807, 2.05) is 30.3 Å². The highest BCUT2D eigenvalue weighted by Crippen LogP contribution is 2.19. The van der Waals surface area contributed by atoms with E-state index in [1.54, 1.807) is 41.5 Å². The van der Waals surface area contributed by atoms with Crippen molar-refractivity contribution < 1.29 is 21.8 Å². The van der Waals surface area contributed by atoms with E-state index >= 15 is 0 Å². The van der Waals surface area contributed by atoms with Crippen LogP contribution in [0.15, 0.2) is 71.3 Å². The van der Waals surface area contributed by atoms with Gasteiger partial charge in [-0.05, 0) is 53.9 Å². The lowest BCUT2D eigenvalue weighted by atomic mass is 10.1. The van der Waals surface area contributed by atoms with Crippen LogP contribution in [0.1, 0.15) is 34.2 Å². The summed E-state index contributed by atoms with van der Waals surface area (Å²) in [4.78, 5) is 14.8. The zero-order valence-electron chi connectivity index (χ0n) is 16.4. The molecule has 0 N–H and O–H groups in total. The Morgan fingerprint density at radius 1 is 0.966 bits per heavy atom. The minimum atomic E-state index is -3.58. The summed E-state index contributed by atoms with van der Waals surface area (Å²) in [6.45, 7) is 2.73. The Morgan fingerprint density at radius 3 is 2.17 bits per heavy atom. The monoisotopic (exact) mass is 413 g/mol. The second-order valence-corrected chi connectivity index (χ2v) is 8.30. The molecular formula is C22H23NO5S. The lowest BCUT2D eigenvalue weighted by Crippen LogP contribution is -2.30. The second kappa shape index (κ2) is 8.96. The van der Waals surface area contributed by atoms with Crippen LogP contribution in [-0.2, 0) is 29.6 Å². The molecule has 0 saturated carbocycles. The number of carbonyl (C=O) groups excluding carboxylic acids is 1. The third kappa shape index (κ3) is 5.96. The Hall–Kier alpha value is -3.06. The van der Waals surface area contributed by atoms with E-state index in [9.17, 15) is 13.2 Å². The number of aryl methyl sites for hydroxylation is 1. The average molecular weight is 413 g/mol. The maximum atomic E-state index is 13.1. The molecule has 0 radical (unpaired) electrons.